The van der Waals surface area contributed by atoms with Crippen LogP contribution in [0.3, 0.4) is 0 Å². The molecule has 148 valence electrons. The third-order valence-corrected chi connectivity index (χ3v) is 6.74. The summed E-state index contributed by atoms with van der Waals surface area (Å²) < 4.78 is 2.97. The van der Waals surface area contributed by atoms with Crippen molar-refractivity contribution in [2.45, 2.75) is 18.6 Å². The van der Waals surface area contributed by atoms with Gasteiger partial charge in [-0.05, 0) is 37.3 Å². The van der Waals surface area contributed by atoms with Crippen LogP contribution in [-0.4, -0.2) is 31.4 Å². The highest BCUT2D eigenvalue weighted by Gasteiger charge is 2.16. The largest absolute Gasteiger partial charge is 0.302 e. The van der Waals surface area contributed by atoms with Crippen molar-refractivity contribution >= 4 is 67.6 Å². The second-order valence-electron chi connectivity index (χ2n) is 6.00. The van der Waals surface area contributed by atoms with Crippen LogP contribution < -0.4 is 5.32 Å². The summed E-state index contributed by atoms with van der Waals surface area (Å²) in [4.78, 5) is 16.8. The average Bonchev–Trinajstić information content (AvgIpc) is 3.31. The van der Waals surface area contributed by atoms with Crippen molar-refractivity contribution in [2.24, 2.45) is 0 Å². The molecule has 1 amide bonds. The molecule has 2 aromatic carbocycles. The Bertz CT molecular complexity index is 1160. The minimum atomic E-state index is -0.143. The lowest BCUT2D eigenvalue weighted by Crippen LogP contribution is -2.14. The van der Waals surface area contributed by atoms with E-state index in [1.165, 1.54) is 23.1 Å². The maximum Gasteiger partial charge on any atom is 0.236 e. The second kappa shape index (κ2) is 8.71. The zero-order chi connectivity index (χ0) is 20.4. The lowest BCUT2D eigenvalue weighted by Gasteiger charge is -2.08. The number of thiazole rings is 1. The zero-order valence-electron chi connectivity index (χ0n) is 15.2. The fourth-order valence-corrected chi connectivity index (χ4v) is 4.72. The molecule has 4 aromatic rings. The van der Waals surface area contributed by atoms with Gasteiger partial charge in [0.15, 0.2) is 16.1 Å². The van der Waals surface area contributed by atoms with E-state index in [2.05, 4.69) is 20.5 Å². The van der Waals surface area contributed by atoms with Crippen molar-refractivity contribution in [1.82, 2.24) is 19.7 Å². The van der Waals surface area contributed by atoms with Crippen LogP contribution in [0.4, 0.5) is 5.13 Å². The Labute approximate surface area is 185 Å². The van der Waals surface area contributed by atoms with E-state index >= 15 is 0 Å². The van der Waals surface area contributed by atoms with E-state index in [1.54, 1.807) is 12.1 Å². The molecule has 4 rings (SSSR count). The first-order chi connectivity index (χ1) is 14.0. The molecule has 0 saturated heterocycles. The zero-order valence-corrected chi connectivity index (χ0v) is 18.4. The van der Waals surface area contributed by atoms with Crippen LogP contribution in [-0.2, 0) is 11.3 Å². The van der Waals surface area contributed by atoms with Crippen molar-refractivity contribution in [1.29, 1.82) is 0 Å². The number of aromatic nitrogens is 4. The van der Waals surface area contributed by atoms with Crippen LogP contribution >= 0.6 is 46.3 Å². The van der Waals surface area contributed by atoms with Gasteiger partial charge in [-0.3, -0.25) is 4.79 Å². The maximum atomic E-state index is 12.4. The molecule has 6 nitrogen and oxygen atoms in total. The first kappa shape index (κ1) is 20.2. The Kier molecular flexibility index (Phi) is 6.05. The number of hydrogen-bond donors (Lipinski definition) is 1. The maximum absolute atomic E-state index is 12.4. The summed E-state index contributed by atoms with van der Waals surface area (Å²) in [7, 11) is 0. The molecule has 0 saturated carbocycles. The average molecular weight is 464 g/mol. The topological polar surface area (TPSA) is 72.7 Å². The number of halogens is 2. The van der Waals surface area contributed by atoms with Crippen LogP contribution in [0.15, 0.2) is 47.6 Å². The number of fused-ring (bicyclic) bond motifs is 1. The third-order valence-electron chi connectivity index (χ3n) is 4.08. The van der Waals surface area contributed by atoms with Crippen LogP contribution in [0.5, 0.6) is 0 Å². The van der Waals surface area contributed by atoms with Gasteiger partial charge in [-0.25, -0.2) is 4.98 Å². The monoisotopic (exact) mass is 463 g/mol. The highest BCUT2D eigenvalue weighted by atomic mass is 35.5. The van der Waals surface area contributed by atoms with E-state index in [4.69, 9.17) is 23.2 Å². The molecule has 0 unspecified atom stereocenters. The predicted molar refractivity (Wildman–Crippen MR) is 120 cm³/mol. The summed E-state index contributed by atoms with van der Waals surface area (Å²) >= 11 is 14.9. The van der Waals surface area contributed by atoms with Gasteiger partial charge in [0, 0.05) is 12.1 Å². The lowest BCUT2D eigenvalue weighted by atomic mass is 10.2. The lowest BCUT2D eigenvalue weighted by molar-refractivity contribution is -0.113. The number of anilines is 1. The number of carbonyl (C=O) groups is 1. The molecule has 0 spiro atoms. The number of nitrogens with one attached hydrogen (secondary N) is 1. The SMILES string of the molecule is CCn1c(SCC(=O)Nc2nc3ccccc3s2)nnc1-c1ccc(Cl)c(Cl)c1. The summed E-state index contributed by atoms with van der Waals surface area (Å²) in [6, 6.07) is 13.1. The van der Waals surface area contributed by atoms with E-state index in [1.807, 2.05) is 41.8 Å². The molecule has 0 aliphatic carbocycles. The quantitative estimate of drug-likeness (QED) is 0.376. The fourth-order valence-electron chi connectivity index (χ4n) is 2.74. The number of nitrogens with zero attached hydrogens (tertiary/aromatic N) is 4. The molecule has 0 bridgehead atoms. The van der Waals surface area contributed by atoms with E-state index in [0.29, 0.717) is 32.7 Å². The van der Waals surface area contributed by atoms with Crippen LogP contribution in [0.1, 0.15) is 6.92 Å². The Morgan fingerprint density at radius 1 is 1.17 bits per heavy atom. The Balaban J connectivity index is 1.45. The standard InChI is InChI=1S/C19H15Cl2N5OS2/c1-2-26-17(11-7-8-12(20)13(21)9-11)24-25-19(26)28-10-16(27)23-18-22-14-5-3-4-6-15(14)29-18/h3-9H,2,10H2,1H3,(H,22,23,27). The van der Waals surface area contributed by atoms with E-state index < -0.39 is 0 Å². The van der Waals surface area contributed by atoms with Crippen LogP contribution in [0, 0.1) is 0 Å². The van der Waals surface area contributed by atoms with Gasteiger partial charge < -0.3 is 9.88 Å². The van der Waals surface area contributed by atoms with Gasteiger partial charge in [-0.2, -0.15) is 0 Å². The molecule has 2 aromatic heterocycles. The summed E-state index contributed by atoms with van der Waals surface area (Å²) in [5.41, 5.74) is 1.69. The van der Waals surface area contributed by atoms with Gasteiger partial charge in [0.25, 0.3) is 0 Å². The third kappa shape index (κ3) is 4.40. The van der Waals surface area contributed by atoms with E-state index in [0.717, 1.165) is 15.8 Å². The molecule has 0 fully saturated rings. The summed E-state index contributed by atoms with van der Waals surface area (Å²) in [6.07, 6.45) is 0. The van der Waals surface area contributed by atoms with Crippen molar-refractivity contribution in [3.8, 4) is 11.4 Å². The minimum Gasteiger partial charge on any atom is -0.302 e. The Morgan fingerprint density at radius 2 is 2.00 bits per heavy atom. The van der Waals surface area contributed by atoms with Gasteiger partial charge in [0.05, 0.1) is 26.0 Å². The minimum absolute atomic E-state index is 0.143. The number of rotatable bonds is 6. The number of carbonyl (C=O) groups excluding carboxylic acids is 1. The molecule has 0 aliphatic rings. The Hall–Kier alpha value is -2.13. The van der Waals surface area contributed by atoms with Crippen molar-refractivity contribution in [2.75, 3.05) is 11.1 Å². The Morgan fingerprint density at radius 3 is 2.76 bits per heavy atom. The fraction of sp³-hybridized carbons (Fsp3) is 0.158. The van der Waals surface area contributed by atoms with Gasteiger partial charge in [0.2, 0.25) is 5.91 Å². The first-order valence-electron chi connectivity index (χ1n) is 8.72. The van der Waals surface area contributed by atoms with E-state index in [-0.39, 0.29) is 11.7 Å². The smallest absolute Gasteiger partial charge is 0.236 e. The number of benzene rings is 2. The highest BCUT2D eigenvalue weighted by molar-refractivity contribution is 7.99. The molecule has 1 N–H and O–H groups in total. The number of hydrogen-bond acceptors (Lipinski definition) is 6. The molecule has 29 heavy (non-hydrogen) atoms. The van der Waals surface area contributed by atoms with Crippen molar-refractivity contribution in [3.63, 3.8) is 0 Å². The molecular weight excluding hydrogens is 449 g/mol. The highest BCUT2D eigenvalue weighted by Crippen LogP contribution is 2.30. The summed E-state index contributed by atoms with van der Waals surface area (Å²) in [5.74, 6) is 0.742. The van der Waals surface area contributed by atoms with E-state index in [9.17, 15) is 4.79 Å². The van der Waals surface area contributed by atoms with Gasteiger partial charge >= 0.3 is 0 Å². The normalized spacial score (nSPS) is 11.1. The number of amides is 1. The molecular formula is C19H15Cl2N5OS2. The van der Waals surface area contributed by atoms with Crippen LogP contribution in [0.25, 0.3) is 21.6 Å². The van der Waals surface area contributed by atoms with Gasteiger partial charge in [0.1, 0.15) is 0 Å². The van der Waals surface area contributed by atoms with Crippen molar-refractivity contribution < 1.29 is 4.79 Å². The van der Waals surface area contributed by atoms with Gasteiger partial charge in [-0.15, -0.1) is 10.2 Å². The number of thioether (sulfide) groups is 1. The van der Waals surface area contributed by atoms with Crippen molar-refractivity contribution in [3.05, 3.63) is 52.5 Å². The first-order valence-corrected chi connectivity index (χ1v) is 11.3. The summed E-state index contributed by atoms with van der Waals surface area (Å²) in [5, 5.41) is 13.5. The van der Waals surface area contributed by atoms with Gasteiger partial charge in [-0.1, -0.05) is 58.4 Å². The number of para-hydroxylation sites is 1. The molecule has 0 radical (unpaired) electrons. The molecule has 0 aliphatic heterocycles. The molecule has 2 heterocycles. The summed E-state index contributed by atoms with van der Waals surface area (Å²) in [6.45, 7) is 2.65. The molecule has 10 heteroatoms. The van der Waals surface area contributed by atoms with Crippen LogP contribution in [0.2, 0.25) is 10.0 Å². The second-order valence-corrected chi connectivity index (χ2v) is 8.79. The molecule has 0 atom stereocenters. The predicted octanol–water partition coefficient (Wildman–Crippen LogP) is 5.61.